The number of aliphatic carboxylic acids is 1. The Balaban J connectivity index is 1.91. The van der Waals surface area contributed by atoms with Crippen LogP contribution in [0.5, 0.6) is 0 Å². The van der Waals surface area contributed by atoms with E-state index in [0.29, 0.717) is 32.4 Å². The van der Waals surface area contributed by atoms with Gasteiger partial charge in [-0.3, -0.25) is 14.4 Å². The maximum Gasteiger partial charge on any atom is 0.372 e. The number of aliphatic hydroxyl groups is 2. The monoisotopic (exact) mass is 644 g/mol. The lowest BCUT2D eigenvalue weighted by Crippen LogP contribution is -2.69. The Bertz CT molecular complexity index is 1030. The molecule has 0 aliphatic carbocycles. The summed E-state index contributed by atoms with van der Waals surface area (Å²) in [5.41, 5.74) is 0. The van der Waals surface area contributed by atoms with Gasteiger partial charge in [-0.15, -0.1) is 0 Å². The van der Waals surface area contributed by atoms with Gasteiger partial charge < -0.3 is 45.2 Å². The highest BCUT2D eigenvalue weighted by atomic mass is 19.2. The van der Waals surface area contributed by atoms with Gasteiger partial charge in [-0.1, -0.05) is 6.42 Å². The van der Waals surface area contributed by atoms with Crippen molar-refractivity contribution in [2.75, 3.05) is 46.8 Å². The molecule has 0 radical (unpaired) electrons. The normalized spacial score (nSPS) is 35.8. The van der Waals surface area contributed by atoms with E-state index < -0.39 is 84.0 Å². The number of nitrogens with one attached hydrogen (secondary N) is 2. The topological polar surface area (TPSA) is 178 Å². The number of rotatable bonds is 15. The lowest BCUT2D eigenvalue weighted by atomic mass is 9.84. The maximum atomic E-state index is 15.1. The van der Waals surface area contributed by atoms with Gasteiger partial charge >= 0.3 is 17.7 Å². The molecule has 10 atom stereocenters. The van der Waals surface area contributed by atoms with Gasteiger partial charge in [-0.2, -0.15) is 8.78 Å². The fourth-order valence-corrected chi connectivity index (χ4v) is 5.44. The van der Waals surface area contributed by atoms with Gasteiger partial charge in [0.25, 0.3) is 0 Å². The molecule has 2 fully saturated rings. The van der Waals surface area contributed by atoms with Crippen molar-refractivity contribution in [2.24, 2.45) is 5.92 Å². The SMILES string of the molecule is CC(=O)NC[C@H]1C(CN(C)CCCCCN(C)CC2O[C@](F)(C(=O)O)C(F)[C@@H](O)[C@@H]2NC(C)=O)OC(F)(C(C)=O)C(F)[C@H]1O. The van der Waals surface area contributed by atoms with Crippen LogP contribution >= 0.6 is 0 Å². The summed E-state index contributed by atoms with van der Waals surface area (Å²) < 4.78 is 69.1. The number of likely N-dealkylation sites (N-methyl/N-ethyl adjacent to an activating group) is 2. The molecule has 44 heavy (non-hydrogen) atoms. The van der Waals surface area contributed by atoms with E-state index in [0.717, 1.165) is 13.8 Å². The van der Waals surface area contributed by atoms with E-state index in [1.54, 1.807) is 23.9 Å². The van der Waals surface area contributed by atoms with Crippen molar-refractivity contribution in [2.45, 2.75) is 94.5 Å². The number of hydrogen-bond acceptors (Lipinski definition) is 10. The number of carboxylic acids is 1. The van der Waals surface area contributed by atoms with E-state index in [4.69, 9.17) is 14.6 Å². The maximum absolute atomic E-state index is 15.1. The third kappa shape index (κ3) is 9.06. The summed E-state index contributed by atoms with van der Waals surface area (Å²) in [5, 5.41) is 34.6. The molecular weight excluding hydrogens is 600 g/mol. The number of halogens is 4. The molecule has 0 aromatic heterocycles. The third-order valence-electron chi connectivity index (χ3n) is 7.93. The average molecular weight is 645 g/mol. The second-order valence-corrected chi connectivity index (χ2v) is 11.7. The number of amides is 2. The van der Waals surface area contributed by atoms with Gasteiger partial charge in [-0.05, 0) is 40.0 Å². The molecule has 254 valence electrons. The molecule has 2 aliphatic heterocycles. The number of alkyl halides is 4. The molecule has 2 rings (SSSR count). The lowest BCUT2D eigenvalue weighted by Gasteiger charge is -2.45. The number of ether oxygens (including phenoxy) is 2. The Kier molecular flexibility index (Phi) is 13.5. The second-order valence-electron chi connectivity index (χ2n) is 11.7. The predicted octanol–water partition coefficient (Wildman–Crippen LogP) is -0.522. The summed E-state index contributed by atoms with van der Waals surface area (Å²) in [7, 11) is 3.30. The zero-order valence-electron chi connectivity index (χ0n) is 25.5. The second kappa shape index (κ2) is 15.7. The number of Topliss-reactive ketones (excluding diaryl/α,β-unsaturated/α-hetero) is 1. The largest absolute Gasteiger partial charge is 0.477 e. The van der Waals surface area contributed by atoms with Crippen molar-refractivity contribution >= 4 is 23.6 Å². The van der Waals surface area contributed by atoms with E-state index in [1.807, 2.05) is 0 Å². The molecule has 17 heteroatoms. The predicted molar refractivity (Wildman–Crippen MR) is 146 cm³/mol. The lowest BCUT2D eigenvalue weighted by molar-refractivity contribution is -0.276. The molecule has 0 saturated carbocycles. The highest BCUT2D eigenvalue weighted by Gasteiger charge is 2.61. The number of carbonyl (C=O) groups is 4. The van der Waals surface area contributed by atoms with Crippen LogP contribution in [0.4, 0.5) is 17.6 Å². The van der Waals surface area contributed by atoms with Crippen molar-refractivity contribution in [1.82, 2.24) is 20.4 Å². The van der Waals surface area contributed by atoms with Crippen molar-refractivity contribution in [3.8, 4) is 0 Å². The minimum Gasteiger partial charge on any atom is -0.477 e. The highest BCUT2D eigenvalue weighted by Crippen LogP contribution is 2.38. The molecule has 2 heterocycles. The van der Waals surface area contributed by atoms with Gasteiger partial charge in [0.2, 0.25) is 11.8 Å². The van der Waals surface area contributed by atoms with Gasteiger partial charge in [-0.25, -0.2) is 13.6 Å². The molecule has 0 aromatic carbocycles. The quantitative estimate of drug-likeness (QED) is 0.114. The molecular formula is C27H44F4N4O9. The molecule has 13 nitrogen and oxygen atoms in total. The molecule has 0 spiro atoms. The van der Waals surface area contributed by atoms with Crippen LogP contribution in [0.15, 0.2) is 0 Å². The summed E-state index contributed by atoms with van der Waals surface area (Å²) >= 11 is 0. The number of hydrogen-bond donors (Lipinski definition) is 5. The van der Waals surface area contributed by atoms with Crippen LogP contribution in [0.2, 0.25) is 0 Å². The summed E-state index contributed by atoms with van der Waals surface area (Å²) in [6.45, 7) is 3.70. The third-order valence-corrected chi connectivity index (χ3v) is 7.93. The molecule has 2 saturated heterocycles. The van der Waals surface area contributed by atoms with Crippen LogP contribution in [0.1, 0.15) is 40.0 Å². The molecule has 0 bridgehead atoms. The summed E-state index contributed by atoms with van der Waals surface area (Å²) in [5.74, 6) is -12.7. The van der Waals surface area contributed by atoms with Crippen LogP contribution in [0.3, 0.4) is 0 Å². The molecule has 0 aromatic rings. The van der Waals surface area contributed by atoms with E-state index >= 15 is 4.39 Å². The molecule has 2 aliphatic rings. The van der Waals surface area contributed by atoms with Gasteiger partial charge in [0.05, 0.1) is 24.4 Å². The minimum absolute atomic E-state index is 0.0168. The first-order valence-electron chi connectivity index (χ1n) is 14.4. The van der Waals surface area contributed by atoms with E-state index in [2.05, 4.69) is 10.6 Å². The van der Waals surface area contributed by atoms with Crippen LogP contribution in [0.25, 0.3) is 0 Å². The number of unbranched alkanes of at least 4 members (excludes halogenated alkanes) is 2. The number of aliphatic hydroxyl groups excluding tert-OH is 2. The average Bonchev–Trinajstić information content (AvgIpc) is 2.91. The first-order valence-corrected chi connectivity index (χ1v) is 14.4. The standard InChI is InChI=1S/C27H44F4N4O9/c1-14(36)26(30)23(28)21(39)17(11-32-15(2)37)18(43-26)12-34(4)9-7-6-8-10-35(5)13-19-20(33-16(3)38)22(40)24(29)27(31,44-19)25(41)42/h17-24,39-40H,6-13H2,1-5H3,(H,32,37)(H,33,38)(H,41,42)/t17-,18?,19?,20+,21-,22-,23?,24?,26?,27-/m0/s1. The van der Waals surface area contributed by atoms with E-state index in [1.165, 1.54) is 6.92 Å². The van der Waals surface area contributed by atoms with Gasteiger partial charge in [0.15, 0.2) is 18.1 Å². The number of carboxylic acid groups (broad SMARTS) is 1. The van der Waals surface area contributed by atoms with Crippen molar-refractivity contribution in [3.05, 3.63) is 0 Å². The summed E-state index contributed by atoms with van der Waals surface area (Å²) in [6, 6.07) is -1.39. The number of nitrogens with zero attached hydrogens (tertiary/aromatic N) is 2. The fourth-order valence-electron chi connectivity index (χ4n) is 5.44. The Morgan fingerprint density at radius 2 is 1.30 bits per heavy atom. The van der Waals surface area contributed by atoms with Crippen LogP contribution in [0, 0.1) is 5.92 Å². The van der Waals surface area contributed by atoms with Crippen molar-refractivity contribution < 1.29 is 61.5 Å². The first-order chi connectivity index (χ1) is 20.3. The van der Waals surface area contributed by atoms with Gasteiger partial charge in [0, 0.05) is 46.3 Å². The van der Waals surface area contributed by atoms with Crippen molar-refractivity contribution in [3.63, 3.8) is 0 Å². The van der Waals surface area contributed by atoms with E-state index in [9.17, 15) is 42.6 Å². The Morgan fingerprint density at radius 3 is 1.77 bits per heavy atom. The molecule has 5 unspecified atom stereocenters. The molecule has 2 amide bonds. The van der Waals surface area contributed by atoms with E-state index in [-0.39, 0.29) is 19.6 Å². The smallest absolute Gasteiger partial charge is 0.372 e. The zero-order chi connectivity index (χ0) is 33.6. The fraction of sp³-hybridized carbons (Fsp3) is 0.852. The Labute approximate surface area is 253 Å². The van der Waals surface area contributed by atoms with Crippen LogP contribution in [-0.4, -0.2) is 150 Å². The summed E-state index contributed by atoms with van der Waals surface area (Å²) in [4.78, 5) is 49.5. The minimum atomic E-state index is -3.79. The van der Waals surface area contributed by atoms with Crippen LogP contribution < -0.4 is 10.6 Å². The number of ketones is 1. The molecule has 5 N–H and O–H groups in total. The van der Waals surface area contributed by atoms with Gasteiger partial charge in [0.1, 0.15) is 6.10 Å². The Hall–Kier alpha value is -2.44. The zero-order valence-corrected chi connectivity index (χ0v) is 25.5. The first kappa shape index (κ1) is 37.7. The highest BCUT2D eigenvalue weighted by molar-refractivity contribution is 5.84. The number of carbonyl (C=O) groups excluding carboxylic acids is 3. The Morgan fingerprint density at radius 1 is 0.795 bits per heavy atom. The van der Waals surface area contributed by atoms with Crippen molar-refractivity contribution in [1.29, 1.82) is 0 Å². The van der Waals surface area contributed by atoms with Crippen LogP contribution in [-0.2, 0) is 28.7 Å². The summed E-state index contributed by atoms with van der Waals surface area (Å²) in [6.07, 6.45) is -10.3.